The van der Waals surface area contributed by atoms with Crippen LogP contribution in [-0.4, -0.2) is 17.7 Å². The number of rotatable bonds is 4. The summed E-state index contributed by atoms with van der Waals surface area (Å²) in [6.07, 6.45) is -0.275. The third-order valence-corrected chi connectivity index (χ3v) is 2.82. The number of hydrogen-bond acceptors (Lipinski definition) is 6. The van der Waals surface area contributed by atoms with Crippen molar-refractivity contribution in [1.29, 1.82) is 0 Å². The minimum Gasteiger partial charge on any atom is -0.488 e. The molecule has 0 N–H and O–H groups in total. The maximum atomic E-state index is 12.2. The van der Waals surface area contributed by atoms with Crippen LogP contribution in [-0.2, 0) is 4.79 Å². The van der Waals surface area contributed by atoms with Crippen LogP contribution >= 0.6 is 0 Å². The molecular weight excluding hydrogens is 312 g/mol. The third-order valence-electron chi connectivity index (χ3n) is 2.82. The molecule has 0 aliphatic heterocycles. The molecule has 24 heavy (non-hydrogen) atoms. The summed E-state index contributed by atoms with van der Waals surface area (Å²) in [6.45, 7) is 10.5. The molecule has 0 spiro atoms. The molecule has 0 radical (unpaired) electrons. The van der Waals surface area contributed by atoms with Gasteiger partial charge < -0.3 is 18.6 Å². The fraction of sp³-hybridized carbons (Fsp3) is 0.444. The Morgan fingerprint density at radius 2 is 1.83 bits per heavy atom. The van der Waals surface area contributed by atoms with Crippen molar-refractivity contribution in [2.24, 2.45) is 0 Å². The zero-order chi connectivity index (χ0) is 18.1. The lowest BCUT2D eigenvalue weighted by Crippen LogP contribution is -2.22. The molecule has 0 aliphatic carbocycles. The van der Waals surface area contributed by atoms with Gasteiger partial charge in [-0.3, -0.25) is 4.79 Å². The highest BCUT2D eigenvalue weighted by molar-refractivity contribution is 5.89. The lowest BCUT2D eigenvalue weighted by Gasteiger charge is -2.21. The number of hydrogen-bond donors (Lipinski definition) is 0. The highest BCUT2D eigenvalue weighted by Crippen LogP contribution is 2.35. The summed E-state index contributed by atoms with van der Waals surface area (Å²) >= 11 is 0. The molecule has 0 unspecified atom stereocenters. The first-order valence-corrected chi connectivity index (χ1v) is 7.72. The highest BCUT2D eigenvalue weighted by atomic mass is 16.6. The van der Waals surface area contributed by atoms with Gasteiger partial charge in [0.05, 0.1) is 11.5 Å². The van der Waals surface area contributed by atoms with E-state index < -0.39 is 17.2 Å². The van der Waals surface area contributed by atoms with Crippen LogP contribution in [0.1, 0.15) is 41.5 Å². The molecule has 2 aromatic rings. The normalized spacial score (nSPS) is 11.6. The Balaban J connectivity index is 2.64. The standard InChI is InChI=1S/C18H22O6/c1-10(2)21-16-15(22-11(3)19)13-8-7-12(24-18(4,5)6)9-14(13)23-17(16)20/h7-10H,1-6H3. The van der Waals surface area contributed by atoms with Gasteiger partial charge in [-0.2, -0.15) is 0 Å². The average molecular weight is 334 g/mol. The van der Waals surface area contributed by atoms with Gasteiger partial charge in [0.2, 0.25) is 5.75 Å². The van der Waals surface area contributed by atoms with Gasteiger partial charge in [-0.1, -0.05) is 0 Å². The molecule has 6 nitrogen and oxygen atoms in total. The predicted octanol–water partition coefficient (Wildman–Crippen LogP) is 3.68. The molecule has 0 bridgehead atoms. The van der Waals surface area contributed by atoms with Crippen molar-refractivity contribution < 1.29 is 23.4 Å². The molecule has 0 aliphatic rings. The number of ether oxygens (including phenoxy) is 3. The third kappa shape index (κ3) is 4.28. The molecule has 2 rings (SSSR count). The van der Waals surface area contributed by atoms with Gasteiger partial charge in [-0.25, -0.2) is 4.79 Å². The molecule has 1 heterocycles. The smallest absolute Gasteiger partial charge is 0.383 e. The first-order valence-electron chi connectivity index (χ1n) is 7.72. The Hall–Kier alpha value is -2.50. The van der Waals surface area contributed by atoms with Crippen LogP contribution in [0.25, 0.3) is 11.0 Å². The fourth-order valence-corrected chi connectivity index (χ4v) is 2.14. The lowest BCUT2D eigenvalue weighted by molar-refractivity contribution is -0.131. The van der Waals surface area contributed by atoms with Gasteiger partial charge >= 0.3 is 11.6 Å². The topological polar surface area (TPSA) is 75.0 Å². The summed E-state index contributed by atoms with van der Waals surface area (Å²) in [5, 5.41) is 0.460. The quantitative estimate of drug-likeness (QED) is 0.627. The van der Waals surface area contributed by atoms with E-state index in [4.69, 9.17) is 18.6 Å². The van der Waals surface area contributed by atoms with Gasteiger partial charge in [0.15, 0.2) is 5.75 Å². The molecule has 0 amide bonds. The van der Waals surface area contributed by atoms with Crippen molar-refractivity contribution in [1.82, 2.24) is 0 Å². The summed E-state index contributed by atoms with van der Waals surface area (Å²) in [7, 11) is 0. The van der Waals surface area contributed by atoms with E-state index in [1.165, 1.54) is 6.92 Å². The van der Waals surface area contributed by atoms with Crippen LogP contribution in [0, 0.1) is 0 Å². The summed E-state index contributed by atoms with van der Waals surface area (Å²) in [5.41, 5.74) is -0.845. The van der Waals surface area contributed by atoms with E-state index in [0.717, 1.165) is 0 Å². The first kappa shape index (κ1) is 17.8. The van der Waals surface area contributed by atoms with Crippen molar-refractivity contribution in [3.8, 4) is 17.2 Å². The van der Waals surface area contributed by atoms with Gasteiger partial charge in [0, 0.05) is 13.0 Å². The minimum absolute atomic E-state index is 0.0600. The van der Waals surface area contributed by atoms with E-state index in [1.807, 2.05) is 20.8 Å². The van der Waals surface area contributed by atoms with Crippen LogP contribution in [0.3, 0.4) is 0 Å². The van der Waals surface area contributed by atoms with Crippen molar-refractivity contribution in [2.75, 3.05) is 0 Å². The average Bonchev–Trinajstić information content (AvgIpc) is 2.39. The van der Waals surface area contributed by atoms with Gasteiger partial charge in [0.1, 0.15) is 16.9 Å². The summed E-state index contributed by atoms with van der Waals surface area (Å²) in [6, 6.07) is 4.98. The van der Waals surface area contributed by atoms with E-state index in [1.54, 1.807) is 32.0 Å². The van der Waals surface area contributed by atoms with Crippen LogP contribution in [0.15, 0.2) is 27.4 Å². The molecule has 1 aromatic carbocycles. The molecule has 0 saturated carbocycles. The Kier molecular flexibility index (Phi) is 4.87. The molecule has 0 saturated heterocycles. The zero-order valence-corrected chi connectivity index (χ0v) is 14.8. The Morgan fingerprint density at radius 1 is 1.17 bits per heavy atom. The van der Waals surface area contributed by atoms with Crippen molar-refractivity contribution in [3.05, 3.63) is 28.6 Å². The number of esters is 1. The monoisotopic (exact) mass is 334 g/mol. The molecule has 130 valence electrons. The van der Waals surface area contributed by atoms with Gasteiger partial charge in [-0.15, -0.1) is 0 Å². The van der Waals surface area contributed by atoms with Crippen LogP contribution in [0.5, 0.6) is 17.2 Å². The maximum absolute atomic E-state index is 12.2. The van der Waals surface area contributed by atoms with E-state index >= 15 is 0 Å². The van der Waals surface area contributed by atoms with E-state index in [-0.39, 0.29) is 23.2 Å². The molecular formula is C18H22O6. The number of carbonyl (C=O) groups is 1. The van der Waals surface area contributed by atoms with E-state index in [9.17, 15) is 9.59 Å². The summed E-state index contributed by atoms with van der Waals surface area (Å²) in [5.74, 6) is -0.0584. The summed E-state index contributed by atoms with van der Waals surface area (Å²) < 4.78 is 21.8. The second-order valence-corrected chi connectivity index (χ2v) is 6.68. The van der Waals surface area contributed by atoms with Crippen LogP contribution < -0.4 is 19.8 Å². The van der Waals surface area contributed by atoms with Crippen LogP contribution in [0.2, 0.25) is 0 Å². The minimum atomic E-state index is -0.708. The fourth-order valence-electron chi connectivity index (χ4n) is 2.14. The SMILES string of the molecule is CC(=O)Oc1c(OC(C)C)c(=O)oc2cc(OC(C)(C)C)ccc12. The Morgan fingerprint density at radius 3 is 2.38 bits per heavy atom. The first-order chi connectivity index (χ1) is 11.1. The van der Waals surface area contributed by atoms with E-state index in [0.29, 0.717) is 11.1 Å². The second kappa shape index (κ2) is 6.55. The van der Waals surface area contributed by atoms with Crippen LogP contribution in [0.4, 0.5) is 0 Å². The van der Waals surface area contributed by atoms with Crippen molar-refractivity contribution in [3.63, 3.8) is 0 Å². The van der Waals surface area contributed by atoms with Crippen molar-refractivity contribution in [2.45, 2.75) is 53.2 Å². The lowest BCUT2D eigenvalue weighted by atomic mass is 10.1. The highest BCUT2D eigenvalue weighted by Gasteiger charge is 2.21. The molecule has 0 fully saturated rings. The molecule has 6 heteroatoms. The van der Waals surface area contributed by atoms with Gasteiger partial charge in [-0.05, 0) is 46.8 Å². The number of carbonyl (C=O) groups excluding carboxylic acids is 1. The predicted molar refractivity (Wildman–Crippen MR) is 89.9 cm³/mol. The number of fused-ring (bicyclic) bond motifs is 1. The Bertz CT molecular complexity index is 811. The Labute approximate surface area is 140 Å². The maximum Gasteiger partial charge on any atom is 0.383 e. The second-order valence-electron chi connectivity index (χ2n) is 6.68. The number of benzene rings is 1. The van der Waals surface area contributed by atoms with Gasteiger partial charge in [0.25, 0.3) is 0 Å². The molecule has 1 aromatic heterocycles. The largest absolute Gasteiger partial charge is 0.488 e. The van der Waals surface area contributed by atoms with Crippen molar-refractivity contribution >= 4 is 16.9 Å². The molecule has 0 atom stereocenters. The van der Waals surface area contributed by atoms with E-state index in [2.05, 4.69) is 0 Å². The zero-order valence-electron chi connectivity index (χ0n) is 14.8. The summed E-state index contributed by atoms with van der Waals surface area (Å²) in [4.78, 5) is 23.7.